The Labute approximate surface area is 125 Å². The van der Waals surface area contributed by atoms with Crippen LogP contribution in [0.5, 0.6) is 11.5 Å². The van der Waals surface area contributed by atoms with E-state index >= 15 is 0 Å². The number of ether oxygens (including phenoxy) is 1. The van der Waals surface area contributed by atoms with Gasteiger partial charge in [0.25, 0.3) is 0 Å². The highest BCUT2D eigenvalue weighted by Crippen LogP contribution is 2.29. The van der Waals surface area contributed by atoms with Gasteiger partial charge in [-0.25, -0.2) is 0 Å². The molecule has 110 valence electrons. The number of benzene rings is 2. The second kappa shape index (κ2) is 5.78. The lowest BCUT2D eigenvalue weighted by Gasteiger charge is -2.18. The van der Waals surface area contributed by atoms with Crippen LogP contribution < -0.4 is 10.1 Å². The number of para-hydroxylation sites is 1. The van der Waals surface area contributed by atoms with Gasteiger partial charge in [0.05, 0.1) is 0 Å². The van der Waals surface area contributed by atoms with E-state index in [9.17, 15) is 5.11 Å². The lowest BCUT2D eigenvalue weighted by Crippen LogP contribution is -2.31. The van der Waals surface area contributed by atoms with Crippen LogP contribution in [0.25, 0.3) is 0 Å². The number of phenolic OH excluding ortho intramolecular Hbond substituents is 1. The first-order valence-electron chi connectivity index (χ1n) is 7.41. The first-order chi connectivity index (χ1) is 10.1. The van der Waals surface area contributed by atoms with Crippen LogP contribution >= 0.6 is 0 Å². The van der Waals surface area contributed by atoms with Crippen molar-refractivity contribution in [3.05, 3.63) is 59.2 Å². The molecule has 3 nitrogen and oxygen atoms in total. The molecule has 21 heavy (non-hydrogen) atoms. The molecule has 1 aliphatic rings. The molecule has 2 N–H and O–H groups in total. The summed E-state index contributed by atoms with van der Waals surface area (Å²) >= 11 is 0. The van der Waals surface area contributed by atoms with Crippen LogP contribution in [0.15, 0.2) is 42.5 Å². The van der Waals surface area contributed by atoms with Crippen molar-refractivity contribution in [2.75, 3.05) is 6.54 Å². The van der Waals surface area contributed by atoms with Crippen molar-refractivity contribution in [3.63, 3.8) is 0 Å². The minimum absolute atomic E-state index is 0.0953. The van der Waals surface area contributed by atoms with Gasteiger partial charge < -0.3 is 15.2 Å². The van der Waals surface area contributed by atoms with Gasteiger partial charge in [-0.15, -0.1) is 0 Å². The third-order valence-corrected chi connectivity index (χ3v) is 4.02. The molecule has 2 unspecified atom stereocenters. The number of aryl methyl sites for hydroxylation is 1. The van der Waals surface area contributed by atoms with Crippen LogP contribution in [-0.4, -0.2) is 17.8 Å². The smallest absolute Gasteiger partial charge is 0.123 e. The first-order valence-corrected chi connectivity index (χ1v) is 7.41. The van der Waals surface area contributed by atoms with E-state index in [0.717, 1.165) is 29.8 Å². The van der Waals surface area contributed by atoms with Crippen molar-refractivity contribution in [2.24, 2.45) is 0 Å². The summed E-state index contributed by atoms with van der Waals surface area (Å²) in [4.78, 5) is 0. The Morgan fingerprint density at radius 2 is 2.10 bits per heavy atom. The van der Waals surface area contributed by atoms with Gasteiger partial charge in [0.1, 0.15) is 17.6 Å². The molecule has 0 saturated carbocycles. The average molecular weight is 283 g/mol. The Morgan fingerprint density at radius 1 is 1.29 bits per heavy atom. The summed E-state index contributed by atoms with van der Waals surface area (Å²) < 4.78 is 5.92. The molecular formula is C18H21NO2. The molecule has 0 amide bonds. The summed E-state index contributed by atoms with van der Waals surface area (Å²) in [5, 5.41) is 13.5. The Balaban J connectivity index is 1.59. The van der Waals surface area contributed by atoms with Gasteiger partial charge in [0.2, 0.25) is 0 Å². The zero-order valence-electron chi connectivity index (χ0n) is 12.5. The van der Waals surface area contributed by atoms with E-state index in [1.807, 2.05) is 37.3 Å². The van der Waals surface area contributed by atoms with Gasteiger partial charge in [-0.05, 0) is 37.1 Å². The molecule has 0 spiro atoms. The van der Waals surface area contributed by atoms with E-state index in [1.54, 1.807) is 6.07 Å². The Morgan fingerprint density at radius 3 is 2.86 bits per heavy atom. The highest BCUT2D eigenvalue weighted by atomic mass is 16.5. The molecule has 0 fully saturated rings. The van der Waals surface area contributed by atoms with E-state index in [4.69, 9.17) is 4.74 Å². The van der Waals surface area contributed by atoms with Crippen LogP contribution in [0.4, 0.5) is 0 Å². The highest BCUT2D eigenvalue weighted by Gasteiger charge is 2.22. The molecule has 2 aromatic rings. The second-order valence-electron chi connectivity index (χ2n) is 5.74. The number of hydrogen-bond acceptors (Lipinski definition) is 3. The van der Waals surface area contributed by atoms with Crippen molar-refractivity contribution < 1.29 is 9.84 Å². The minimum Gasteiger partial charge on any atom is -0.508 e. The molecule has 3 rings (SSSR count). The molecule has 2 aromatic carbocycles. The molecule has 0 bridgehead atoms. The third kappa shape index (κ3) is 3.03. The second-order valence-corrected chi connectivity index (χ2v) is 5.74. The van der Waals surface area contributed by atoms with Gasteiger partial charge in [-0.1, -0.05) is 30.3 Å². The lowest BCUT2D eigenvalue weighted by molar-refractivity contribution is 0.222. The fraction of sp³-hybridized carbons (Fsp3) is 0.333. The van der Waals surface area contributed by atoms with Crippen molar-refractivity contribution in [1.82, 2.24) is 5.32 Å². The van der Waals surface area contributed by atoms with Crippen LogP contribution in [0.2, 0.25) is 0 Å². The number of rotatable bonds is 4. The van der Waals surface area contributed by atoms with E-state index in [0.29, 0.717) is 5.75 Å². The molecule has 0 radical (unpaired) electrons. The fourth-order valence-corrected chi connectivity index (χ4v) is 2.81. The quantitative estimate of drug-likeness (QED) is 0.904. The number of hydrogen-bond donors (Lipinski definition) is 2. The maximum absolute atomic E-state index is 10.0. The molecule has 1 heterocycles. The predicted molar refractivity (Wildman–Crippen MR) is 83.8 cm³/mol. The first kappa shape index (κ1) is 14.0. The monoisotopic (exact) mass is 283 g/mol. The predicted octanol–water partition coefficient (Wildman–Crippen LogP) is 3.35. The standard InChI is InChI=1S/C18H21NO2/c1-12-7-8-16(17(20)9-12)13(2)19-11-15-10-14-5-3-4-6-18(14)21-15/h3-9,13,15,19-20H,10-11H2,1-2H3. The van der Waals surface area contributed by atoms with Crippen LogP contribution in [0.1, 0.15) is 29.7 Å². The van der Waals surface area contributed by atoms with Gasteiger partial charge in [0, 0.05) is 24.6 Å². The molecule has 0 aliphatic carbocycles. The minimum atomic E-state index is 0.0953. The van der Waals surface area contributed by atoms with Gasteiger partial charge >= 0.3 is 0 Å². The molecule has 0 aromatic heterocycles. The summed E-state index contributed by atoms with van der Waals surface area (Å²) in [5.74, 6) is 1.35. The SMILES string of the molecule is Cc1ccc(C(C)NCC2Cc3ccccc3O2)c(O)c1. The zero-order valence-corrected chi connectivity index (χ0v) is 12.5. The van der Waals surface area contributed by atoms with E-state index in [2.05, 4.69) is 18.3 Å². The van der Waals surface area contributed by atoms with Crippen molar-refractivity contribution in [2.45, 2.75) is 32.4 Å². The summed E-state index contributed by atoms with van der Waals surface area (Å²) in [6.45, 7) is 4.81. The number of nitrogens with one attached hydrogen (secondary N) is 1. The van der Waals surface area contributed by atoms with Crippen molar-refractivity contribution >= 4 is 0 Å². The highest BCUT2D eigenvalue weighted by molar-refractivity contribution is 5.38. The number of aromatic hydroxyl groups is 1. The van der Waals surface area contributed by atoms with Gasteiger partial charge in [-0.2, -0.15) is 0 Å². The van der Waals surface area contributed by atoms with E-state index < -0.39 is 0 Å². The Hall–Kier alpha value is -2.00. The fourth-order valence-electron chi connectivity index (χ4n) is 2.81. The maximum Gasteiger partial charge on any atom is 0.123 e. The van der Waals surface area contributed by atoms with Crippen molar-refractivity contribution in [3.8, 4) is 11.5 Å². The maximum atomic E-state index is 10.0. The Kier molecular flexibility index (Phi) is 3.84. The molecule has 1 aliphatic heterocycles. The molecular weight excluding hydrogens is 262 g/mol. The summed E-state index contributed by atoms with van der Waals surface area (Å²) in [6, 6.07) is 14.1. The third-order valence-electron chi connectivity index (χ3n) is 4.02. The topological polar surface area (TPSA) is 41.5 Å². The number of fused-ring (bicyclic) bond motifs is 1. The van der Waals surface area contributed by atoms with E-state index in [-0.39, 0.29) is 12.1 Å². The lowest BCUT2D eigenvalue weighted by atomic mass is 10.0. The van der Waals surface area contributed by atoms with Gasteiger partial charge in [-0.3, -0.25) is 0 Å². The molecule has 2 atom stereocenters. The molecule has 3 heteroatoms. The van der Waals surface area contributed by atoms with Crippen LogP contribution in [-0.2, 0) is 6.42 Å². The normalized spacial score (nSPS) is 18.1. The molecule has 0 saturated heterocycles. The zero-order chi connectivity index (χ0) is 14.8. The number of phenols is 1. The van der Waals surface area contributed by atoms with Gasteiger partial charge in [0.15, 0.2) is 0 Å². The van der Waals surface area contributed by atoms with Crippen LogP contribution in [0.3, 0.4) is 0 Å². The average Bonchev–Trinajstić information content (AvgIpc) is 2.87. The van der Waals surface area contributed by atoms with Crippen LogP contribution in [0, 0.1) is 6.92 Å². The van der Waals surface area contributed by atoms with E-state index in [1.165, 1.54) is 5.56 Å². The summed E-state index contributed by atoms with van der Waals surface area (Å²) in [7, 11) is 0. The van der Waals surface area contributed by atoms with Crippen molar-refractivity contribution in [1.29, 1.82) is 0 Å². The summed E-state index contributed by atoms with van der Waals surface area (Å²) in [5.41, 5.74) is 3.27. The summed E-state index contributed by atoms with van der Waals surface area (Å²) in [6.07, 6.45) is 1.10. The largest absolute Gasteiger partial charge is 0.508 e. The Bertz CT molecular complexity index is 614.